The molecule has 0 saturated carbocycles. The first-order chi connectivity index (χ1) is 15.6. The minimum Gasteiger partial charge on any atom is -0.490 e. The van der Waals surface area contributed by atoms with Gasteiger partial charge >= 0.3 is 6.18 Å². The van der Waals surface area contributed by atoms with Crippen LogP contribution in [0.2, 0.25) is 0 Å². The SMILES string of the molecule is C[C@H](NC[C@]1(C)COc2c1cc(C(=O)C(F)(F)F)nc2-c1ccc(F)cc1)c1ccccc1. The molecule has 0 saturated heterocycles. The maximum Gasteiger partial charge on any atom is 0.456 e. The van der Waals surface area contributed by atoms with Gasteiger partial charge in [-0.3, -0.25) is 4.79 Å². The molecule has 2 heterocycles. The predicted molar refractivity (Wildman–Crippen MR) is 116 cm³/mol. The summed E-state index contributed by atoms with van der Waals surface area (Å²) in [5.41, 5.74) is 0.538. The van der Waals surface area contributed by atoms with Crippen LogP contribution in [0.15, 0.2) is 60.7 Å². The topological polar surface area (TPSA) is 51.2 Å². The number of rotatable bonds is 6. The fourth-order valence-corrected chi connectivity index (χ4v) is 3.89. The average Bonchev–Trinajstić information content (AvgIpc) is 3.14. The Balaban J connectivity index is 1.74. The molecule has 4 rings (SSSR count). The Labute approximate surface area is 188 Å². The first kappa shape index (κ1) is 22.9. The zero-order valence-electron chi connectivity index (χ0n) is 18.0. The highest BCUT2D eigenvalue weighted by Gasteiger charge is 2.44. The van der Waals surface area contributed by atoms with Gasteiger partial charge in [-0.25, -0.2) is 9.37 Å². The molecule has 2 aromatic carbocycles. The molecule has 1 aromatic heterocycles. The number of ether oxygens (including phenoxy) is 1. The second kappa shape index (κ2) is 8.59. The highest BCUT2D eigenvalue weighted by molar-refractivity contribution is 5.99. The number of nitrogens with one attached hydrogen (secondary N) is 1. The molecule has 3 aromatic rings. The second-order valence-electron chi connectivity index (χ2n) is 8.43. The van der Waals surface area contributed by atoms with E-state index in [1.165, 1.54) is 30.3 Å². The molecule has 0 amide bonds. The minimum atomic E-state index is -5.07. The number of carbonyl (C=O) groups excluding carboxylic acids is 1. The first-order valence-electron chi connectivity index (χ1n) is 10.4. The van der Waals surface area contributed by atoms with Crippen LogP contribution in [0.5, 0.6) is 5.75 Å². The summed E-state index contributed by atoms with van der Waals surface area (Å²) in [4.78, 5) is 16.0. The molecule has 1 N–H and O–H groups in total. The van der Waals surface area contributed by atoms with Gasteiger partial charge in [0.2, 0.25) is 0 Å². The van der Waals surface area contributed by atoms with E-state index < -0.39 is 28.9 Å². The number of benzene rings is 2. The van der Waals surface area contributed by atoms with Gasteiger partial charge in [0.25, 0.3) is 5.78 Å². The number of nitrogens with zero attached hydrogens (tertiary/aromatic N) is 1. The molecule has 0 unspecified atom stereocenters. The number of Topliss-reactive ketones (excluding diaryl/α,β-unsaturated/α-hetero) is 1. The summed E-state index contributed by atoms with van der Waals surface area (Å²) in [7, 11) is 0. The van der Waals surface area contributed by atoms with E-state index >= 15 is 0 Å². The highest BCUT2D eigenvalue weighted by Crippen LogP contribution is 2.45. The van der Waals surface area contributed by atoms with Crippen molar-refractivity contribution in [3.63, 3.8) is 0 Å². The molecule has 172 valence electrons. The van der Waals surface area contributed by atoms with Gasteiger partial charge in [0.1, 0.15) is 23.0 Å². The van der Waals surface area contributed by atoms with Crippen LogP contribution in [-0.4, -0.2) is 30.1 Å². The maximum atomic E-state index is 13.4. The van der Waals surface area contributed by atoms with Crippen molar-refractivity contribution < 1.29 is 27.1 Å². The van der Waals surface area contributed by atoms with Crippen LogP contribution in [-0.2, 0) is 5.41 Å². The van der Waals surface area contributed by atoms with Gasteiger partial charge in [0.15, 0.2) is 0 Å². The summed E-state index contributed by atoms with van der Waals surface area (Å²) >= 11 is 0. The van der Waals surface area contributed by atoms with Gasteiger partial charge in [-0.1, -0.05) is 37.3 Å². The lowest BCUT2D eigenvalue weighted by molar-refractivity contribution is -0.0888. The lowest BCUT2D eigenvalue weighted by Crippen LogP contribution is -2.38. The molecule has 0 radical (unpaired) electrons. The molecule has 1 aliphatic rings. The summed E-state index contributed by atoms with van der Waals surface area (Å²) in [6.07, 6.45) is -5.07. The molecule has 0 fully saturated rings. The van der Waals surface area contributed by atoms with Gasteiger partial charge in [-0.15, -0.1) is 0 Å². The molecule has 1 aliphatic heterocycles. The Hall–Kier alpha value is -3.26. The van der Waals surface area contributed by atoms with Crippen molar-refractivity contribution in [3.8, 4) is 17.0 Å². The molecule has 2 atom stereocenters. The highest BCUT2D eigenvalue weighted by atomic mass is 19.4. The summed E-state index contributed by atoms with van der Waals surface area (Å²) in [5.74, 6) is -2.23. The standard InChI is InChI=1S/C25H22F4N2O2/c1-15(16-6-4-3-5-7-16)30-13-24(2)14-33-22-19(24)12-20(23(32)25(27,28)29)31-21(22)17-8-10-18(26)11-9-17/h3-12,15,30H,13-14H2,1-2H3/t15-,24+/m0/s1. The molecule has 33 heavy (non-hydrogen) atoms. The van der Waals surface area contributed by atoms with E-state index in [1.807, 2.05) is 44.2 Å². The first-order valence-corrected chi connectivity index (χ1v) is 10.4. The van der Waals surface area contributed by atoms with Crippen molar-refractivity contribution in [2.24, 2.45) is 0 Å². The van der Waals surface area contributed by atoms with Crippen molar-refractivity contribution in [1.82, 2.24) is 10.3 Å². The van der Waals surface area contributed by atoms with Crippen LogP contribution < -0.4 is 10.1 Å². The fourth-order valence-electron chi connectivity index (χ4n) is 3.89. The molecule has 4 nitrogen and oxygen atoms in total. The van der Waals surface area contributed by atoms with Crippen molar-refractivity contribution in [3.05, 3.63) is 83.3 Å². The van der Waals surface area contributed by atoms with E-state index in [-0.39, 0.29) is 18.3 Å². The Bertz CT molecular complexity index is 1160. The molecular weight excluding hydrogens is 436 g/mol. The second-order valence-corrected chi connectivity index (χ2v) is 8.43. The van der Waals surface area contributed by atoms with Crippen LogP contribution in [0.4, 0.5) is 17.6 Å². The lowest BCUT2D eigenvalue weighted by atomic mass is 9.83. The van der Waals surface area contributed by atoms with Crippen LogP contribution in [0.1, 0.15) is 41.5 Å². The molecule has 0 aliphatic carbocycles. The monoisotopic (exact) mass is 458 g/mol. The third-order valence-corrected chi connectivity index (χ3v) is 5.86. The van der Waals surface area contributed by atoms with Crippen molar-refractivity contribution >= 4 is 5.78 Å². The minimum absolute atomic E-state index is 0.0123. The molecular formula is C25H22F4N2O2. The Kier molecular flexibility index (Phi) is 5.97. The van der Waals surface area contributed by atoms with Crippen molar-refractivity contribution in [1.29, 1.82) is 0 Å². The van der Waals surface area contributed by atoms with E-state index in [4.69, 9.17) is 4.74 Å². The van der Waals surface area contributed by atoms with Gasteiger partial charge in [-0.2, -0.15) is 13.2 Å². The van der Waals surface area contributed by atoms with E-state index in [0.29, 0.717) is 23.4 Å². The summed E-state index contributed by atoms with van der Waals surface area (Å²) < 4.78 is 59.0. The Morgan fingerprint density at radius 3 is 2.45 bits per heavy atom. The number of ketones is 1. The maximum absolute atomic E-state index is 13.4. The van der Waals surface area contributed by atoms with Gasteiger partial charge in [-0.05, 0) is 42.8 Å². The zero-order valence-corrected chi connectivity index (χ0v) is 18.0. The van der Waals surface area contributed by atoms with Gasteiger partial charge < -0.3 is 10.1 Å². The fraction of sp³-hybridized carbons (Fsp3) is 0.280. The largest absolute Gasteiger partial charge is 0.490 e. The van der Waals surface area contributed by atoms with Crippen molar-refractivity contribution in [2.75, 3.05) is 13.2 Å². The number of alkyl halides is 3. The van der Waals surface area contributed by atoms with E-state index in [2.05, 4.69) is 10.3 Å². The zero-order chi connectivity index (χ0) is 23.8. The van der Waals surface area contributed by atoms with Crippen molar-refractivity contribution in [2.45, 2.75) is 31.5 Å². The Morgan fingerprint density at radius 2 is 1.82 bits per heavy atom. The third kappa shape index (κ3) is 4.61. The summed E-state index contributed by atoms with van der Waals surface area (Å²) in [6.45, 7) is 4.43. The Morgan fingerprint density at radius 1 is 1.15 bits per heavy atom. The van der Waals surface area contributed by atoms with E-state index in [9.17, 15) is 22.4 Å². The van der Waals surface area contributed by atoms with Crippen LogP contribution in [0, 0.1) is 5.82 Å². The van der Waals surface area contributed by atoms with Gasteiger partial charge in [0.05, 0.1) is 6.61 Å². The average molecular weight is 458 g/mol. The lowest BCUT2D eigenvalue weighted by Gasteiger charge is -2.26. The number of hydrogen-bond donors (Lipinski definition) is 1. The van der Waals surface area contributed by atoms with E-state index in [0.717, 1.165) is 5.56 Å². The van der Waals surface area contributed by atoms with Crippen LogP contribution in [0.25, 0.3) is 11.3 Å². The number of carbonyl (C=O) groups is 1. The smallest absolute Gasteiger partial charge is 0.456 e. The predicted octanol–water partition coefficient (Wildman–Crippen LogP) is 5.63. The summed E-state index contributed by atoms with van der Waals surface area (Å²) in [6, 6.07) is 16.0. The molecule has 0 bridgehead atoms. The summed E-state index contributed by atoms with van der Waals surface area (Å²) in [5, 5.41) is 3.41. The normalized spacial score (nSPS) is 18.5. The number of hydrogen-bond acceptors (Lipinski definition) is 4. The van der Waals surface area contributed by atoms with Crippen LogP contribution >= 0.6 is 0 Å². The van der Waals surface area contributed by atoms with Gasteiger partial charge in [0, 0.05) is 29.1 Å². The van der Waals surface area contributed by atoms with E-state index in [1.54, 1.807) is 0 Å². The number of aromatic nitrogens is 1. The number of pyridine rings is 1. The molecule has 8 heteroatoms. The number of fused-ring (bicyclic) bond motifs is 1. The number of halogens is 4. The molecule has 0 spiro atoms. The van der Waals surface area contributed by atoms with Crippen LogP contribution in [0.3, 0.4) is 0 Å². The third-order valence-electron chi connectivity index (χ3n) is 5.86. The quantitative estimate of drug-likeness (QED) is 0.384.